The molecule has 1 aromatic rings. The SMILES string of the molecule is O=C(O)c1cc(NC2CCNC2)ccc1Cl. The number of carbonyl (C=O) groups is 1. The largest absolute Gasteiger partial charge is 0.478 e. The minimum Gasteiger partial charge on any atom is -0.478 e. The van der Waals surface area contributed by atoms with E-state index >= 15 is 0 Å². The Morgan fingerprint density at radius 3 is 3.00 bits per heavy atom. The summed E-state index contributed by atoms with van der Waals surface area (Å²) in [6.45, 7) is 1.90. The summed E-state index contributed by atoms with van der Waals surface area (Å²) in [4.78, 5) is 10.9. The van der Waals surface area contributed by atoms with Crippen molar-refractivity contribution < 1.29 is 9.90 Å². The fraction of sp³-hybridized carbons (Fsp3) is 0.364. The first-order chi connectivity index (χ1) is 7.66. The highest BCUT2D eigenvalue weighted by Gasteiger charge is 2.15. The topological polar surface area (TPSA) is 61.4 Å². The number of hydrogen-bond acceptors (Lipinski definition) is 3. The molecule has 0 radical (unpaired) electrons. The molecule has 1 saturated heterocycles. The van der Waals surface area contributed by atoms with Crippen molar-refractivity contribution in [2.45, 2.75) is 12.5 Å². The third-order valence-corrected chi connectivity index (χ3v) is 2.96. The van der Waals surface area contributed by atoms with E-state index in [2.05, 4.69) is 10.6 Å². The van der Waals surface area contributed by atoms with Gasteiger partial charge in [-0.25, -0.2) is 4.79 Å². The number of benzene rings is 1. The second kappa shape index (κ2) is 4.72. The van der Waals surface area contributed by atoms with Gasteiger partial charge in [-0.3, -0.25) is 0 Å². The Labute approximate surface area is 98.6 Å². The van der Waals surface area contributed by atoms with Gasteiger partial charge in [0.1, 0.15) is 0 Å². The molecule has 0 aromatic heterocycles. The number of aromatic carboxylic acids is 1. The number of carboxylic acid groups (broad SMARTS) is 1. The van der Waals surface area contributed by atoms with Crippen LogP contribution in [0, 0.1) is 0 Å². The van der Waals surface area contributed by atoms with Crippen LogP contribution in [0.3, 0.4) is 0 Å². The van der Waals surface area contributed by atoms with Gasteiger partial charge in [0.25, 0.3) is 0 Å². The van der Waals surface area contributed by atoms with Crippen molar-refractivity contribution in [1.29, 1.82) is 0 Å². The molecule has 1 aliphatic rings. The van der Waals surface area contributed by atoms with Crippen molar-refractivity contribution in [1.82, 2.24) is 5.32 Å². The van der Waals surface area contributed by atoms with E-state index in [1.54, 1.807) is 18.2 Å². The van der Waals surface area contributed by atoms with Crippen LogP contribution in [-0.2, 0) is 0 Å². The van der Waals surface area contributed by atoms with E-state index in [4.69, 9.17) is 16.7 Å². The zero-order valence-corrected chi connectivity index (χ0v) is 9.42. The van der Waals surface area contributed by atoms with Gasteiger partial charge in [-0.05, 0) is 31.2 Å². The van der Waals surface area contributed by atoms with E-state index in [1.165, 1.54) is 0 Å². The molecule has 0 spiro atoms. The molecule has 4 nitrogen and oxygen atoms in total. The van der Waals surface area contributed by atoms with Gasteiger partial charge in [0.05, 0.1) is 10.6 Å². The molecule has 5 heteroatoms. The van der Waals surface area contributed by atoms with Crippen LogP contribution in [0.5, 0.6) is 0 Å². The van der Waals surface area contributed by atoms with Crippen LogP contribution in [0.2, 0.25) is 5.02 Å². The van der Waals surface area contributed by atoms with Crippen LogP contribution in [0.1, 0.15) is 16.8 Å². The maximum Gasteiger partial charge on any atom is 0.337 e. The monoisotopic (exact) mass is 240 g/mol. The highest BCUT2D eigenvalue weighted by atomic mass is 35.5. The smallest absolute Gasteiger partial charge is 0.337 e. The normalized spacial score (nSPS) is 19.7. The summed E-state index contributed by atoms with van der Waals surface area (Å²) in [5.41, 5.74) is 0.938. The van der Waals surface area contributed by atoms with E-state index < -0.39 is 5.97 Å². The van der Waals surface area contributed by atoms with Crippen molar-refractivity contribution in [3.8, 4) is 0 Å². The lowest BCUT2D eigenvalue weighted by molar-refractivity contribution is 0.0697. The van der Waals surface area contributed by atoms with Crippen molar-refractivity contribution in [2.24, 2.45) is 0 Å². The summed E-state index contributed by atoms with van der Waals surface area (Å²) >= 11 is 5.79. The average Bonchev–Trinajstić information content (AvgIpc) is 2.73. The molecule has 0 amide bonds. The number of nitrogens with one attached hydrogen (secondary N) is 2. The lowest BCUT2D eigenvalue weighted by Gasteiger charge is -2.13. The number of rotatable bonds is 3. The van der Waals surface area contributed by atoms with Crippen LogP contribution in [0.15, 0.2) is 18.2 Å². The highest BCUT2D eigenvalue weighted by molar-refractivity contribution is 6.33. The molecule has 0 aliphatic carbocycles. The van der Waals surface area contributed by atoms with Gasteiger partial charge in [0.15, 0.2) is 0 Å². The quantitative estimate of drug-likeness (QED) is 0.754. The van der Waals surface area contributed by atoms with Crippen LogP contribution in [-0.4, -0.2) is 30.2 Å². The average molecular weight is 241 g/mol. The molecule has 16 heavy (non-hydrogen) atoms. The standard InChI is InChI=1S/C11H13ClN2O2/c12-10-2-1-7(5-9(10)11(15)16)14-8-3-4-13-6-8/h1-2,5,8,13-14H,3-4,6H2,(H,15,16). The Bertz CT molecular complexity index is 403. The van der Waals surface area contributed by atoms with Gasteiger partial charge in [-0.15, -0.1) is 0 Å². The zero-order valence-electron chi connectivity index (χ0n) is 8.66. The molecule has 0 saturated carbocycles. The van der Waals surface area contributed by atoms with Gasteiger partial charge in [-0.2, -0.15) is 0 Å². The first-order valence-corrected chi connectivity index (χ1v) is 5.54. The molecule has 1 aromatic carbocycles. The van der Waals surface area contributed by atoms with Gasteiger partial charge in [-0.1, -0.05) is 11.6 Å². The Morgan fingerprint density at radius 2 is 2.38 bits per heavy atom. The highest BCUT2D eigenvalue weighted by Crippen LogP contribution is 2.21. The Morgan fingerprint density at radius 1 is 1.56 bits per heavy atom. The lowest BCUT2D eigenvalue weighted by Crippen LogP contribution is -2.22. The number of carboxylic acids is 1. The van der Waals surface area contributed by atoms with E-state index in [9.17, 15) is 4.79 Å². The Kier molecular flexibility index (Phi) is 3.31. The second-order valence-electron chi connectivity index (χ2n) is 3.83. The van der Waals surface area contributed by atoms with E-state index in [0.717, 1.165) is 25.2 Å². The van der Waals surface area contributed by atoms with Gasteiger partial charge >= 0.3 is 5.97 Å². The van der Waals surface area contributed by atoms with Crippen LogP contribution in [0.25, 0.3) is 0 Å². The molecule has 1 fully saturated rings. The van der Waals surface area contributed by atoms with Crippen molar-refractivity contribution in [2.75, 3.05) is 18.4 Å². The predicted octanol–water partition coefficient (Wildman–Crippen LogP) is 1.81. The summed E-state index contributed by atoms with van der Waals surface area (Å²) in [5.74, 6) is -1.00. The predicted molar refractivity (Wildman–Crippen MR) is 63.3 cm³/mol. The fourth-order valence-corrected chi connectivity index (χ4v) is 1.99. The molecule has 86 valence electrons. The van der Waals surface area contributed by atoms with Gasteiger partial charge in [0, 0.05) is 18.3 Å². The minimum atomic E-state index is -1.00. The summed E-state index contributed by atoms with van der Waals surface area (Å²) in [5, 5.41) is 15.7. The number of halogens is 1. The first-order valence-electron chi connectivity index (χ1n) is 5.17. The number of anilines is 1. The Balaban J connectivity index is 2.15. The number of hydrogen-bond donors (Lipinski definition) is 3. The van der Waals surface area contributed by atoms with Crippen LogP contribution >= 0.6 is 11.6 Å². The molecule has 3 N–H and O–H groups in total. The molecular formula is C11H13ClN2O2. The maximum atomic E-state index is 10.9. The molecular weight excluding hydrogens is 228 g/mol. The maximum absolute atomic E-state index is 10.9. The Hall–Kier alpha value is -1.26. The van der Waals surface area contributed by atoms with Gasteiger partial charge in [0.2, 0.25) is 0 Å². The molecule has 2 rings (SSSR count). The molecule has 1 unspecified atom stereocenters. The second-order valence-corrected chi connectivity index (χ2v) is 4.24. The van der Waals surface area contributed by atoms with E-state index in [1.807, 2.05) is 0 Å². The van der Waals surface area contributed by atoms with E-state index in [0.29, 0.717) is 6.04 Å². The minimum absolute atomic E-state index is 0.137. The van der Waals surface area contributed by atoms with Gasteiger partial charge < -0.3 is 15.7 Å². The van der Waals surface area contributed by atoms with Crippen molar-refractivity contribution in [3.63, 3.8) is 0 Å². The summed E-state index contributed by atoms with van der Waals surface area (Å²) in [6.07, 6.45) is 1.05. The first kappa shape index (κ1) is 11.2. The summed E-state index contributed by atoms with van der Waals surface area (Å²) in [6, 6.07) is 5.34. The third-order valence-electron chi connectivity index (χ3n) is 2.63. The third kappa shape index (κ3) is 2.46. The molecule has 1 aliphatic heterocycles. The van der Waals surface area contributed by atoms with E-state index in [-0.39, 0.29) is 10.6 Å². The zero-order chi connectivity index (χ0) is 11.5. The molecule has 1 atom stereocenters. The fourth-order valence-electron chi connectivity index (χ4n) is 1.79. The molecule has 0 bridgehead atoms. The van der Waals surface area contributed by atoms with Crippen molar-refractivity contribution in [3.05, 3.63) is 28.8 Å². The lowest BCUT2D eigenvalue weighted by atomic mass is 10.1. The van der Waals surface area contributed by atoms with Crippen LogP contribution in [0.4, 0.5) is 5.69 Å². The summed E-state index contributed by atoms with van der Waals surface area (Å²) in [7, 11) is 0. The molecule has 1 heterocycles. The van der Waals surface area contributed by atoms with Crippen molar-refractivity contribution >= 4 is 23.3 Å². The van der Waals surface area contributed by atoms with Crippen LogP contribution < -0.4 is 10.6 Å². The summed E-state index contributed by atoms with van der Waals surface area (Å²) < 4.78 is 0.